The molecule has 2 aromatic heterocycles. The molecule has 0 saturated heterocycles. The number of methoxy groups -OCH3 is 3. The van der Waals surface area contributed by atoms with Crippen molar-refractivity contribution >= 4 is 28.5 Å². The van der Waals surface area contributed by atoms with Gasteiger partial charge in [0.05, 0.1) is 38.7 Å². The second-order valence-corrected chi connectivity index (χ2v) is 14.0. The summed E-state index contributed by atoms with van der Waals surface area (Å²) in [6, 6.07) is 59.5. The number of carbonyl (C=O) groups is 1. The van der Waals surface area contributed by atoms with Crippen LogP contribution in [0.4, 0.5) is 11.6 Å². The average molecular weight is 782 g/mol. The zero-order chi connectivity index (χ0) is 41.0. The summed E-state index contributed by atoms with van der Waals surface area (Å²) in [5.74, 6) is 2.66. The quantitative estimate of drug-likeness (QED) is 0.0912. The molecule has 0 saturated carbocycles. The highest BCUT2D eigenvalue weighted by molar-refractivity contribution is 5.92. The summed E-state index contributed by atoms with van der Waals surface area (Å²) in [7, 11) is 4.76. The van der Waals surface area contributed by atoms with Crippen molar-refractivity contribution in [1.82, 2.24) is 14.8 Å². The fourth-order valence-electron chi connectivity index (χ4n) is 7.35. The molecule has 296 valence electrons. The minimum atomic E-state index is -0.833. The third-order valence-corrected chi connectivity index (χ3v) is 10.2. The number of hydrogen-bond donors (Lipinski definition) is 1. The lowest BCUT2D eigenvalue weighted by atomic mass is 9.77. The zero-order valence-corrected chi connectivity index (χ0v) is 33.4. The van der Waals surface area contributed by atoms with E-state index in [1.54, 1.807) is 14.2 Å². The number of nitrogens with zero attached hydrogens (tertiary/aromatic N) is 4. The second kappa shape index (κ2) is 18.7. The van der Waals surface area contributed by atoms with Gasteiger partial charge in [0, 0.05) is 25.4 Å². The maximum absolute atomic E-state index is 10.8. The van der Waals surface area contributed by atoms with Gasteiger partial charge in [-0.1, -0.05) is 146 Å². The number of esters is 1. The van der Waals surface area contributed by atoms with Crippen LogP contribution in [0.25, 0.3) is 10.9 Å². The lowest BCUT2D eigenvalue weighted by molar-refractivity contribution is -0.139. The van der Waals surface area contributed by atoms with Crippen molar-refractivity contribution < 1.29 is 19.0 Å². The summed E-state index contributed by atoms with van der Waals surface area (Å²) in [4.78, 5) is 17.6. The summed E-state index contributed by atoms with van der Waals surface area (Å²) in [5.41, 5.74) is 12.9. The minimum Gasteiger partial charge on any atom is -0.497 e. The van der Waals surface area contributed by atoms with Crippen molar-refractivity contribution in [2.75, 3.05) is 32.0 Å². The largest absolute Gasteiger partial charge is 0.497 e. The number of aromatic nitrogens is 3. The van der Waals surface area contributed by atoms with Gasteiger partial charge in [0.1, 0.15) is 22.9 Å². The van der Waals surface area contributed by atoms with Crippen LogP contribution >= 0.6 is 0 Å². The molecule has 0 aliphatic heterocycles. The first-order valence-electron chi connectivity index (χ1n) is 19.4. The van der Waals surface area contributed by atoms with E-state index in [4.69, 9.17) is 20.3 Å². The molecule has 6 aromatic carbocycles. The Morgan fingerprint density at radius 2 is 1.05 bits per heavy atom. The number of pyridine rings is 1. The van der Waals surface area contributed by atoms with Crippen LogP contribution in [-0.4, -0.2) is 42.1 Å². The van der Waals surface area contributed by atoms with Crippen LogP contribution in [0.15, 0.2) is 182 Å². The number of anilines is 2. The van der Waals surface area contributed by atoms with Crippen molar-refractivity contribution in [2.24, 2.45) is 0 Å². The summed E-state index contributed by atoms with van der Waals surface area (Å²) in [6.45, 7) is 1.20. The number of ether oxygens (including phenoxy) is 3. The molecule has 0 radical (unpaired) electrons. The molecule has 9 nitrogen and oxygen atoms in total. The van der Waals surface area contributed by atoms with Crippen molar-refractivity contribution in [3.63, 3.8) is 0 Å². The fourth-order valence-corrected chi connectivity index (χ4v) is 7.35. The van der Waals surface area contributed by atoms with E-state index in [9.17, 15) is 4.79 Å². The molecular formula is C50H47N5O4. The van der Waals surface area contributed by atoms with E-state index in [2.05, 4.69) is 116 Å². The molecule has 2 heterocycles. The summed E-state index contributed by atoms with van der Waals surface area (Å²) < 4.78 is 17.6. The molecule has 0 spiro atoms. The van der Waals surface area contributed by atoms with E-state index in [1.165, 1.54) is 7.11 Å². The highest BCUT2D eigenvalue weighted by atomic mass is 16.5. The van der Waals surface area contributed by atoms with E-state index in [0.717, 1.165) is 61.6 Å². The SMILES string of the molecule is COC(=O)Cc1ccccc1.COc1ccc(CN(Cc2ccc(OC)cc2)c2nn(C(c3ccccc3)(c3ccccc3)c3ccccc3)c3cc(N)ncc23)cc1. The Kier molecular flexibility index (Phi) is 12.6. The van der Waals surface area contributed by atoms with Crippen LogP contribution in [0.1, 0.15) is 33.4 Å². The van der Waals surface area contributed by atoms with Gasteiger partial charge in [0.15, 0.2) is 5.82 Å². The highest BCUT2D eigenvalue weighted by Gasteiger charge is 2.41. The van der Waals surface area contributed by atoms with Crippen molar-refractivity contribution in [1.29, 1.82) is 0 Å². The molecule has 59 heavy (non-hydrogen) atoms. The first-order chi connectivity index (χ1) is 28.9. The number of fused-ring (bicyclic) bond motifs is 1. The lowest BCUT2D eigenvalue weighted by Gasteiger charge is -2.37. The van der Waals surface area contributed by atoms with Crippen LogP contribution in [-0.2, 0) is 34.6 Å². The van der Waals surface area contributed by atoms with Gasteiger partial charge in [-0.15, -0.1) is 0 Å². The van der Waals surface area contributed by atoms with Crippen LogP contribution in [0, 0.1) is 0 Å². The van der Waals surface area contributed by atoms with Gasteiger partial charge < -0.3 is 24.8 Å². The molecule has 8 rings (SSSR count). The molecule has 2 N–H and O–H groups in total. The number of benzene rings is 6. The molecule has 8 aromatic rings. The molecule has 0 bridgehead atoms. The Labute approximate surface area is 345 Å². The van der Waals surface area contributed by atoms with Crippen molar-refractivity contribution in [3.05, 3.63) is 216 Å². The summed E-state index contributed by atoms with van der Waals surface area (Å²) >= 11 is 0. The first kappa shape index (κ1) is 39.8. The maximum Gasteiger partial charge on any atom is 0.309 e. The molecule has 0 aliphatic rings. The van der Waals surface area contributed by atoms with Gasteiger partial charge in [0.2, 0.25) is 0 Å². The molecule has 0 unspecified atom stereocenters. The van der Waals surface area contributed by atoms with Gasteiger partial charge in [-0.2, -0.15) is 5.10 Å². The van der Waals surface area contributed by atoms with Crippen LogP contribution in [0.2, 0.25) is 0 Å². The van der Waals surface area contributed by atoms with Crippen molar-refractivity contribution in [3.8, 4) is 11.5 Å². The standard InChI is InChI=1S/C41H37N5O2.C9H10O2/c1-47-35-22-18-30(19-23-35)28-45(29-31-20-24-36(48-2)25-21-31)40-37-27-43-39(42)26-38(37)46(44-40)41(32-12-6-3-7-13-32,33-14-8-4-9-15-33)34-16-10-5-11-17-34;1-11-9(10)7-8-5-3-2-4-6-8/h3-27H,28-29H2,1-2H3,(H2,42,43);2-6H,7H2,1H3. The highest BCUT2D eigenvalue weighted by Crippen LogP contribution is 2.44. The molecular weight excluding hydrogens is 735 g/mol. The number of rotatable bonds is 13. The Balaban J connectivity index is 0.000000417. The van der Waals surface area contributed by atoms with E-state index in [-0.39, 0.29) is 5.97 Å². The van der Waals surface area contributed by atoms with Gasteiger partial charge in [-0.05, 0) is 57.6 Å². The van der Waals surface area contributed by atoms with E-state index >= 15 is 0 Å². The average Bonchev–Trinajstić information content (AvgIpc) is 3.67. The summed E-state index contributed by atoms with van der Waals surface area (Å²) in [6.07, 6.45) is 2.21. The molecule has 0 fully saturated rings. The van der Waals surface area contributed by atoms with E-state index in [1.807, 2.05) is 85.1 Å². The molecule has 0 atom stereocenters. The number of hydrogen-bond acceptors (Lipinski definition) is 8. The Morgan fingerprint density at radius 1 is 0.610 bits per heavy atom. The lowest BCUT2D eigenvalue weighted by Crippen LogP contribution is -2.38. The smallest absolute Gasteiger partial charge is 0.309 e. The topological polar surface area (TPSA) is 105 Å². The minimum absolute atomic E-state index is 0.198. The summed E-state index contributed by atoms with van der Waals surface area (Å²) in [5, 5.41) is 6.49. The second-order valence-electron chi connectivity index (χ2n) is 14.0. The fraction of sp³-hybridized carbons (Fsp3) is 0.140. The Bertz CT molecular complexity index is 2400. The van der Waals surface area contributed by atoms with Gasteiger partial charge in [0.25, 0.3) is 0 Å². The Morgan fingerprint density at radius 3 is 1.47 bits per heavy atom. The predicted molar refractivity (Wildman–Crippen MR) is 235 cm³/mol. The van der Waals surface area contributed by atoms with Gasteiger partial charge in [-0.25, -0.2) is 9.67 Å². The Hall–Kier alpha value is -7.39. The maximum atomic E-state index is 10.8. The monoisotopic (exact) mass is 781 g/mol. The number of nitrogen functional groups attached to an aromatic ring is 1. The van der Waals surface area contributed by atoms with Crippen LogP contribution < -0.4 is 20.1 Å². The van der Waals surface area contributed by atoms with Crippen LogP contribution in [0.3, 0.4) is 0 Å². The van der Waals surface area contributed by atoms with Gasteiger partial charge >= 0.3 is 5.97 Å². The third-order valence-electron chi connectivity index (χ3n) is 10.2. The third kappa shape index (κ3) is 8.95. The predicted octanol–water partition coefficient (Wildman–Crippen LogP) is 9.48. The molecule has 0 amide bonds. The normalized spacial score (nSPS) is 11.0. The van der Waals surface area contributed by atoms with E-state index in [0.29, 0.717) is 25.3 Å². The number of carbonyl (C=O) groups excluding carboxylic acids is 1. The van der Waals surface area contributed by atoms with Crippen LogP contribution in [0.5, 0.6) is 11.5 Å². The molecule has 9 heteroatoms. The van der Waals surface area contributed by atoms with Gasteiger partial charge in [-0.3, -0.25) is 4.79 Å². The number of nitrogens with two attached hydrogens (primary N) is 1. The van der Waals surface area contributed by atoms with Crippen molar-refractivity contribution in [2.45, 2.75) is 25.0 Å². The molecule has 0 aliphatic carbocycles. The first-order valence-corrected chi connectivity index (χ1v) is 19.4. The van der Waals surface area contributed by atoms with E-state index < -0.39 is 5.54 Å². The zero-order valence-electron chi connectivity index (χ0n) is 33.4.